The highest BCUT2D eigenvalue weighted by molar-refractivity contribution is 14.1. The molecule has 0 aliphatic carbocycles. The van der Waals surface area contributed by atoms with Gasteiger partial charge in [-0.25, -0.2) is 9.13 Å². The number of rotatable bonds is 0. The Morgan fingerprint density at radius 1 is 0.789 bits per heavy atom. The Hall–Kier alpha value is -1.17. The quantitative estimate of drug-likeness (QED) is 0.112. The average Bonchev–Trinajstić information content (AvgIpc) is 3.23. The summed E-state index contributed by atoms with van der Waals surface area (Å²) in [4.78, 5) is 0. The fourth-order valence-electron chi connectivity index (χ4n) is 5.10. The van der Waals surface area contributed by atoms with Gasteiger partial charge in [0.25, 0.3) is 0 Å². The van der Waals surface area contributed by atoms with Crippen LogP contribution in [0.25, 0.3) is 6.08 Å². The van der Waals surface area contributed by atoms with E-state index in [0.717, 1.165) is 11.1 Å². The maximum Gasteiger partial charge on any atom is 0.521 e. The molecule has 5 heterocycles. The number of nitrogens with zero attached hydrogens (tertiary/aromatic N) is 4. The van der Waals surface area contributed by atoms with Crippen molar-refractivity contribution in [3.8, 4) is 23.5 Å². The molecular weight excluding hydrogens is 923 g/mol. The number of hydrogen-bond donors (Lipinski definition) is 0. The van der Waals surface area contributed by atoms with Crippen molar-refractivity contribution in [2.24, 2.45) is 14.1 Å². The van der Waals surface area contributed by atoms with E-state index in [1.54, 1.807) is 0 Å². The third kappa shape index (κ3) is 5.29. The van der Waals surface area contributed by atoms with Crippen LogP contribution in [0.5, 0.6) is 0 Å². The lowest BCUT2D eigenvalue weighted by molar-refractivity contribution is -0.671. The molecule has 3 aromatic heterocycles. The van der Waals surface area contributed by atoms with Crippen LogP contribution in [0.2, 0.25) is 0 Å². The van der Waals surface area contributed by atoms with Gasteiger partial charge in [0.2, 0.25) is 0 Å². The molecule has 0 atom stereocenters. The van der Waals surface area contributed by atoms with Gasteiger partial charge in [0.1, 0.15) is 19.8 Å². The Morgan fingerprint density at radius 3 is 1.74 bits per heavy atom. The number of pyridine rings is 2. The predicted molar refractivity (Wildman–Crippen MR) is 162 cm³/mol. The molecule has 0 N–H and O–H groups in total. The molecule has 0 amide bonds. The van der Waals surface area contributed by atoms with Gasteiger partial charge in [0.15, 0.2) is 30.5 Å². The van der Waals surface area contributed by atoms with E-state index in [1.807, 2.05) is 48.0 Å². The first-order chi connectivity index (χ1) is 17.1. The van der Waals surface area contributed by atoms with Crippen molar-refractivity contribution in [2.75, 3.05) is 0 Å². The summed E-state index contributed by atoms with van der Waals surface area (Å²) >= 11 is 4.94. The first-order valence-electron chi connectivity index (χ1n) is 11.9. The standard InChI is InChI=1S/C29H27BI2N4.2HI/c1-20-26-19-27-21(2)29(32)23(4)36(27)30(35(26)22(3)28(20)31,13-7-24-9-15-33(5)16-10-24)14-8-25-11-17-34(6)18-12-25;;/h9-12,15-19H,1-6H3;2*1H/q+2;;/p-2. The summed E-state index contributed by atoms with van der Waals surface area (Å²) in [6, 6.07) is 8.25. The lowest BCUT2D eigenvalue weighted by Gasteiger charge is -2.36. The fraction of sp³-hybridized carbons (Fsp3) is 0.207. The van der Waals surface area contributed by atoms with Gasteiger partial charge in [-0.3, -0.25) is 0 Å². The highest BCUT2D eigenvalue weighted by Crippen LogP contribution is 2.40. The molecule has 0 spiro atoms. The average molecular weight is 950 g/mol. The van der Waals surface area contributed by atoms with E-state index >= 15 is 0 Å². The molecule has 4 nitrogen and oxygen atoms in total. The number of allylic oxidation sites excluding steroid dienone is 2. The van der Waals surface area contributed by atoms with E-state index in [2.05, 4.69) is 136 Å². The van der Waals surface area contributed by atoms with Crippen molar-refractivity contribution in [1.29, 1.82) is 0 Å². The minimum Gasteiger partial charge on any atom is -1.00 e. The van der Waals surface area contributed by atoms with Crippen molar-refractivity contribution in [3.05, 3.63) is 95.6 Å². The van der Waals surface area contributed by atoms with Crippen LogP contribution in [0.4, 0.5) is 0 Å². The Balaban J connectivity index is 0.00000200. The molecule has 2 aliphatic heterocycles. The van der Waals surface area contributed by atoms with E-state index in [9.17, 15) is 0 Å². The number of halogens is 4. The molecule has 0 saturated carbocycles. The fourth-order valence-corrected chi connectivity index (χ4v) is 6.17. The normalized spacial score (nSPS) is 14.7. The lowest BCUT2D eigenvalue weighted by Crippen LogP contribution is -3.00. The van der Waals surface area contributed by atoms with E-state index in [-0.39, 0.29) is 48.0 Å². The van der Waals surface area contributed by atoms with Crippen molar-refractivity contribution < 1.29 is 61.6 Å². The summed E-state index contributed by atoms with van der Waals surface area (Å²) in [5, 5.41) is 0. The Labute approximate surface area is 287 Å². The zero-order valence-electron chi connectivity index (χ0n) is 22.1. The summed E-state index contributed by atoms with van der Waals surface area (Å²) in [7, 11) is 4.04. The molecule has 0 aromatic carbocycles. The zero-order chi connectivity index (χ0) is 25.8. The highest BCUT2D eigenvalue weighted by Gasteiger charge is 2.49. The summed E-state index contributed by atoms with van der Waals surface area (Å²) in [6.45, 7) is 8.80. The SMILES string of the molecule is CC1=C(I)C(C)=[N+]2C1=Cc1c(C)c(I)c(C)n1[B-]2(C#Cc1cc[n+](C)cc1)C#Cc1cc[n+](C)cc1.[I-].[I-]. The minimum atomic E-state index is -1.83. The molecule has 0 saturated heterocycles. The van der Waals surface area contributed by atoms with E-state index in [1.165, 1.54) is 41.1 Å². The van der Waals surface area contributed by atoms with Crippen LogP contribution in [0.15, 0.2) is 63.9 Å². The molecule has 38 heavy (non-hydrogen) atoms. The van der Waals surface area contributed by atoms with Gasteiger partial charge in [0.05, 0.1) is 3.58 Å². The second-order valence-corrected chi connectivity index (χ2v) is 11.7. The van der Waals surface area contributed by atoms with Gasteiger partial charge in [-0.05, 0) is 77.2 Å². The molecule has 2 aliphatic rings. The maximum atomic E-state index is 3.75. The molecular formula is C29H27BI4N4. The van der Waals surface area contributed by atoms with Crippen molar-refractivity contribution >= 4 is 63.4 Å². The molecule has 0 unspecified atom stereocenters. The zero-order valence-corrected chi connectivity index (χ0v) is 30.7. The van der Waals surface area contributed by atoms with Crippen LogP contribution >= 0.6 is 45.2 Å². The first-order valence-corrected chi connectivity index (χ1v) is 14.0. The maximum absolute atomic E-state index is 3.75. The number of aromatic nitrogens is 3. The number of aryl methyl sites for hydroxylation is 2. The molecule has 0 bridgehead atoms. The first kappa shape index (κ1) is 31.4. The van der Waals surface area contributed by atoms with E-state index in [4.69, 9.17) is 0 Å². The summed E-state index contributed by atoms with van der Waals surface area (Å²) < 4.78 is 11.4. The van der Waals surface area contributed by atoms with Gasteiger partial charge < -0.3 is 56.9 Å². The summed E-state index contributed by atoms with van der Waals surface area (Å²) in [6.07, 6.45) is 8.63. The van der Waals surface area contributed by atoms with Crippen LogP contribution in [0.1, 0.15) is 41.9 Å². The van der Waals surface area contributed by atoms with Crippen molar-refractivity contribution in [2.45, 2.75) is 27.7 Å². The molecule has 0 radical (unpaired) electrons. The number of fused-ring (bicyclic) bond motifs is 2. The predicted octanol–water partition coefficient (Wildman–Crippen LogP) is -1.61. The minimum absolute atomic E-state index is 0. The van der Waals surface area contributed by atoms with E-state index < -0.39 is 6.42 Å². The summed E-state index contributed by atoms with van der Waals surface area (Å²) in [5.74, 6) is 14.5. The lowest BCUT2D eigenvalue weighted by atomic mass is 9.45. The highest BCUT2D eigenvalue weighted by atomic mass is 127. The van der Waals surface area contributed by atoms with Crippen LogP contribution in [-0.2, 0) is 14.1 Å². The van der Waals surface area contributed by atoms with Gasteiger partial charge in [-0.2, -0.15) is 11.6 Å². The monoisotopic (exact) mass is 950 g/mol. The Bertz CT molecular complexity index is 1590. The molecule has 0 fully saturated rings. The van der Waals surface area contributed by atoms with Crippen LogP contribution in [-0.4, -0.2) is 21.1 Å². The number of hydrogen-bond acceptors (Lipinski definition) is 0. The van der Waals surface area contributed by atoms with Gasteiger partial charge >= 0.3 is 6.42 Å². The van der Waals surface area contributed by atoms with E-state index in [0.29, 0.717) is 0 Å². The van der Waals surface area contributed by atoms with Gasteiger partial charge in [-0.15, -0.1) is 11.8 Å². The molecule has 194 valence electrons. The summed E-state index contributed by atoms with van der Waals surface area (Å²) in [5.41, 5.74) is 9.32. The smallest absolute Gasteiger partial charge is 0.521 e. The molecule has 3 aromatic rings. The Kier molecular flexibility index (Phi) is 10.0. The van der Waals surface area contributed by atoms with Gasteiger partial charge in [0, 0.05) is 63.2 Å². The van der Waals surface area contributed by atoms with Crippen LogP contribution < -0.4 is 57.1 Å². The third-order valence-corrected chi connectivity index (χ3v) is 10.3. The Morgan fingerprint density at radius 2 is 1.26 bits per heavy atom. The largest absolute Gasteiger partial charge is 1.00 e. The topological polar surface area (TPSA) is 15.7 Å². The van der Waals surface area contributed by atoms with Gasteiger partial charge in [-0.1, -0.05) is 0 Å². The van der Waals surface area contributed by atoms with Crippen molar-refractivity contribution in [1.82, 2.24) is 4.48 Å². The third-order valence-electron chi connectivity index (χ3n) is 7.12. The van der Waals surface area contributed by atoms with Crippen LogP contribution in [0, 0.1) is 40.9 Å². The second-order valence-electron chi connectivity index (χ2n) is 9.52. The molecule has 5 rings (SSSR count). The second kappa shape index (κ2) is 12.1. The molecule has 9 heteroatoms. The van der Waals surface area contributed by atoms with Crippen LogP contribution in [0.3, 0.4) is 0 Å². The van der Waals surface area contributed by atoms with Crippen molar-refractivity contribution in [3.63, 3.8) is 0 Å².